The van der Waals surface area contributed by atoms with E-state index in [2.05, 4.69) is 5.32 Å². The first-order valence-corrected chi connectivity index (χ1v) is 7.05. The van der Waals surface area contributed by atoms with Crippen molar-refractivity contribution in [1.29, 1.82) is 0 Å². The van der Waals surface area contributed by atoms with Gasteiger partial charge in [-0.3, -0.25) is 4.79 Å². The molecule has 1 aromatic carbocycles. The number of carbonyl (C=O) groups excluding carboxylic acids is 1. The van der Waals surface area contributed by atoms with E-state index < -0.39 is 11.9 Å². The summed E-state index contributed by atoms with van der Waals surface area (Å²) in [5.41, 5.74) is 0.222. The number of aromatic carboxylic acids is 1. The minimum atomic E-state index is -1.08. The van der Waals surface area contributed by atoms with Gasteiger partial charge in [0.1, 0.15) is 22.8 Å². The molecule has 2 aromatic rings. The Kier molecular flexibility index (Phi) is 4.51. The number of phenolic OH excluding ortho intramolecular Hbond substituents is 1. The zero-order chi connectivity index (χ0) is 15.6. The first kappa shape index (κ1) is 15.4. The molecule has 0 bridgehead atoms. The molecule has 0 aliphatic rings. The second kappa shape index (κ2) is 6.17. The molecule has 0 aliphatic heterocycles. The highest BCUT2D eigenvalue weighted by atomic mass is 127. The lowest BCUT2D eigenvalue weighted by Gasteiger charge is -2.06. The molecular formula is C14H12INO5. The van der Waals surface area contributed by atoms with Gasteiger partial charge in [0.25, 0.3) is 5.91 Å². The minimum Gasteiger partial charge on any atom is -0.507 e. The lowest BCUT2D eigenvalue weighted by Crippen LogP contribution is -2.22. The molecule has 0 spiro atoms. The fraction of sp³-hybridized carbons (Fsp3) is 0.143. The smallest absolute Gasteiger partial charge is 0.339 e. The summed E-state index contributed by atoms with van der Waals surface area (Å²) in [5.74, 6) is -1.04. The molecule has 0 radical (unpaired) electrons. The Labute approximate surface area is 133 Å². The van der Waals surface area contributed by atoms with Crippen LogP contribution in [0.2, 0.25) is 0 Å². The van der Waals surface area contributed by atoms with Crippen LogP contribution in [0.1, 0.15) is 32.2 Å². The average molecular weight is 401 g/mol. The molecular weight excluding hydrogens is 389 g/mol. The number of hydrogen-bond acceptors (Lipinski definition) is 4. The van der Waals surface area contributed by atoms with E-state index in [9.17, 15) is 14.7 Å². The second-order valence-corrected chi connectivity index (χ2v) is 5.58. The van der Waals surface area contributed by atoms with Gasteiger partial charge in [0.15, 0.2) is 0 Å². The molecule has 0 unspecified atom stereocenters. The predicted octanol–water partition coefficient (Wildman–Crippen LogP) is 2.53. The molecule has 6 nitrogen and oxygen atoms in total. The molecule has 0 saturated carbocycles. The summed E-state index contributed by atoms with van der Waals surface area (Å²) in [7, 11) is 0. The van der Waals surface area contributed by atoms with Crippen LogP contribution in [0, 0.1) is 10.5 Å². The quantitative estimate of drug-likeness (QED) is 0.684. The van der Waals surface area contributed by atoms with Crippen molar-refractivity contribution >= 4 is 34.5 Å². The van der Waals surface area contributed by atoms with Crippen molar-refractivity contribution in [1.82, 2.24) is 5.32 Å². The number of hydrogen-bond donors (Lipinski definition) is 3. The number of nitrogens with one attached hydrogen (secondary N) is 1. The summed E-state index contributed by atoms with van der Waals surface area (Å²) < 4.78 is 6.07. The van der Waals surface area contributed by atoms with Crippen LogP contribution in [0.5, 0.6) is 5.75 Å². The van der Waals surface area contributed by atoms with Gasteiger partial charge < -0.3 is 19.9 Å². The number of aromatic hydroxyl groups is 1. The number of amides is 1. The number of aryl methyl sites for hydroxylation is 1. The summed E-state index contributed by atoms with van der Waals surface area (Å²) in [4.78, 5) is 22.9. The van der Waals surface area contributed by atoms with Crippen LogP contribution < -0.4 is 5.32 Å². The maximum absolute atomic E-state index is 12.0. The number of benzene rings is 1. The lowest BCUT2D eigenvalue weighted by molar-refractivity contribution is 0.0694. The number of carboxylic acid groups (broad SMARTS) is 1. The summed E-state index contributed by atoms with van der Waals surface area (Å²) in [6.45, 7) is 1.58. The van der Waals surface area contributed by atoms with E-state index in [0.717, 1.165) is 3.57 Å². The summed E-state index contributed by atoms with van der Waals surface area (Å²) in [6, 6.07) is 6.05. The van der Waals surface area contributed by atoms with Gasteiger partial charge in [-0.25, -0.2) is 4.79 Å². The van der Waals surface area contributed by atoms with Crippen LogP contribution in [-0.4, -0.2) is 22.1 Å². The van der Waals surface area contributed by atoms with Crippen LogP contribution in [0.3, 0.4) is 0 Å². The van der Waals surface area contributed by atoms with Gasteiger partial charge in [-0.05, 0) is 53.8 Å². The van der Waals surface area contributed by atoms with Gasteiger partial charge in [-0.15, -0.1) is 0 Å². The molecule has 1 amide bonds. The highest BCUT2D eigenvalue weighted by Crippen LogP contribution is 2.20. The number of carboxylic acids is 1. The van der Waals surface area contributed by atoms with Crippen molar-refractivity contribution in [3.8, 4) is 5.75 Å². The second-order valence-electron chi connectivity index (χ2n) is 4.33. The normalized spacial score (nSPS) is 10.4. The Balaban J connectivity index is 2.09. The fourth-order valence-corrected chi connectivity index (χ4v) is 2.29. The largest absolute Gasteiger partial charge is 0.507 e. The minimum absolute atomic E-state index is 0.0396. The number of furan rings is 1. The van der Waals surface area contributed by atoms with E-state index >= 15 is 0 Å². The first-order valence-electron chi connectivity index (χ1n) is 5.98. The molecule has 0 atom stereocenters. The van der Waals surface area contributed by atoms with Crippen LogP contribution in [0.25, 0.3) is 0 Å². The van der Waals surface area contributed by atoms with E-state index in [1.807, 2.05) is 22.6 Å². The van der Waals surface area contributed by atoms with Crippen molar-refractivity contribution in [2.75, 3.05) is 0 Å². The first-order chi connectivity index (χ1) is 9.88. The third-order valence-corrected chi connectivity index (χ3v) is 3.50. The van der Waals surface area contributed by atoms with Gasteiger partial charge >= 0.3 is 5.97 Å². The van der Waals surface area contributed by atoms with Crippen LogP contribution in [-0.2, 0) is 6.54 Å². The van der Waals surface area contributed by atoms with Gasteiger partial charge in [-0.2, -0.15) is 0 Å². The van der Waals surface area contributed by atoms with Gasteiger partial charge in [-0.1, -0.05) is 0 Å². The molecule has 3 N–H and O–H groups in total. The highest BCUT2D eigenvalue weighted by Gasteiger charge is 2.15. The number of rotatable bonds is 4. The molecule has 2 rings (SSSR count). The van der Waals surface area contributed by atoms with E-state index in [4.69, 9.17) is 9.52 Å². The monoisotopic (exact) mass is 401 g/mol. The summed E-state index contributed by atoms with van der Waals surface area (Å²) in [6.07, 6.45) is 0. The van der Waals surface area contributed by atoms with E-state index in [0.29, 0.717) is 5.76 Å². The maximum Gasteiger partial charge on any atom is 0.339 e. The van der Waals surface area contributed by atoms with Crippen molar-refractivity contribution in [3.63, 3.8) is 0 Å². The van der Waals surface area contributed by atoms with Crippen LogP contribution in [0.15, 0.2) is 28.7 Å². The maximum atomic E-state index is 12.0. The molecule has 0 fully saturated rings. The van der Waals surface area contributed by atoms with Crippen LogP contribution >= 0.6 is 22.6 Å². The zero-order valence-electron chi connectivity index (χ0n) is 11.0. The van der Waals surface area contributed by atoms with Crippen LogP contribution in [0.4, 0.5) is 0 Å². The van der Waals surface area contributed by atoms with Crippen molar-refractivity contribution in [2.45, 2.75) is 13.5 Å². The van der Waals surface area contributed by atoms with Crippen molar-refractivity contribution in [2.24, 2.45) is 0 Å². The molecule has 21 heavy (non-hydrogen) atoms. The summed E-state index contributed by atoms with van der Waals surface area (Å²) >= 11 is 2.04. The van der Waals surface area contributed by atoms with E-state index in [1.165, 1.54) is 12.1 Å². The Bertz CT molecular complexity index is 707. The standard InChI is InChI=1S/C14H12INO5/c1-7-10(14(19)20)5-9(21-7)6-16-13(18)11-4-8(15)2-3-12(11)17/h2-5,17H,6H2,1H3,(H,16,18)(H,19,20). The number of halogens is 1. The molecule has 7 heteroatoms. The topological polar surface area (TPSA) is 99.8 Å². The molecule has 1 heterocycles. The van der Waals surface area contributed by atoms with Gasteiger partial charge in [0, 0.05) is 3.57 Å². The predicted molar refractivity (Wildman–Crippen MR) is 82.4 cm³/mol. The Hall–Kier alpha value is -2.03. The number of phenols is 1. The van der Waals surface area contributed by atoms with E-state index in [1.54, 1.807) is 19.1 Å². The highest BCUT2D eigenvalue weighted by molar-refractivity contribution is 14.1. The molecule has 0 aliphatic carbocycles. The van der Waals surface area contributed by atoms with E-state index in [-0.39, 0.29) is 29.2 Å². The Morgan fingerprint density at radius 1 is 1.29 bits per heavy atom. The average Bonchev–Trinajstić information content (AvgIpc) is 2.80. The number of carbonyl (C=O) groups is 2. The lowest BCUT2D eigenvalue weighted by atomic mass is 10.2. The van der Waals surface area contributed by atoms with Gasteiger partial charge in [0.05, 0.1) is 12.1 Å². The van der Waals surface area contributed by atoms with Gasteiger partial charge in [0.2, 0.25) is 0 Å². The van der Waals surface area contributed by atoms with Crippen molar-refractivity contribution < 1.29 is 24.2 Å². The zero-order valence-corrected chi connectivity index (χ0v) is 13.2. The fourth-order valence-electron chi connectivity index (χ4n) is 1.80. The Morgan fingerprint density at radius 3 is 2.62 bits per heavy atom. The Morgan fingerprint density at radius 2 is 2.00 bits per heavy atom. The molecule has 110 valence electrons. The molecule has 1 aromatic heterocycles. The van der Waals surface area contributed by atoms with Crippen molar-refractivity contribution in [3.05, 3.63) is 50.5 Å². The summed E-state index contributed by atoms with van der Waals surface area (Å²) in [5, 5.41) is 21.2. The third kappa shape index (κ3) is 3.54. The SMILES string of the molecule is Cc1oc(CNC(=O)c2cc(I)ccc2O)cc1C(=O)O. The molecule has 0 saturated heterocycles. The third-order valence-electron chi connectivity index (χ3n) is 2.83.